The predicted molar refractivity (Wildman–Crippen MR) is 59.1 cm³/mol. The molecule has 0 saturated heterocycles. The zero-order chi connectivity index (χ0) is 9.28. The van der Waals surface area contributed by atoms with Crippen molar-refractivity contribution < 1.29 is 0 Å². The maximum absolute atomic E-state index is 2.92. The Bertz CT molecular complexity index is 107. The van der Waals surface area contributed by atoms with Crippen molar-refractivity contribution in [1.82, 2.24) is 1.34 Å². The van der Waals surface area contributed by atoms with E-state index in [9.17, 15) is 0 Å². The SMILES string of the molecule is CC[N]([Sn]([CH3])([CH3])[CH3])[Sn]([CH3])([CH3])[CH3]. The van der Waals surface area contributed by atoms with Crippen molar-refractivity contribution >= 4 is 37.3 Å². The molecule has 0 aromatic rings. The molecule has 0 aromatic carbocycles. The van der Waals surface area contributed by atoms with Crippen LogP contribution >= 0.6 is 0 Å². The molecule has 0 bridgehead atoms. The van der Waals surface area contributed by atoms with Gasteiger partial charge in [0.1, 0.15) is 0 Å². The molecule has 0 heterocycles. The molecule has 0 aliphatic carbocycles. The average Bonchev–Trinajstić information content (AvgIpc) is 1.56. The van der Waals surface area contributed by atoms with Crippen molar-refractivity contribution in [3.05, 3.63) is 0 Å². The van der Waals surface area contributed by atoms with Crippen LogP contribution in [0, 0.1) is 0 Å². The summed E-state index contributed by atoms with van der Waals surface area (Å²) >= 11 is -3.40. The van der Waals surface area contributed by atoms with E-state index in [2.05, 4.69) is 37.9 Å². The molecular formula is C8H23NSn2. The first-order valence-corrected chi connectivity index (χ1v) is 24.1. The first kappa shape index (κ1) is 12.6. The predicted octanol–water partition coefficient (Wildman–Crippen LogP) is 2.98. The van der Waals surface area contributed by atoms with Gasteiger partial charge in [-0.05, 0) is 0 Å². The van der Waals surface area contributed by atoms with Gasteiger partial charge in [0, 0.05) is 0 Å². The number of rotatable bonds is 3. The topological polar surface area (TPSA) is 3.24 Å². The van der Waals surface area contributed by atoms with Gasteiger partial charge in [-0.2, -0.15) is 0 Å². The molecule has 0 aromatic heterocycles. The van der Waals surface area contributed by atoms with Gasteiger partial charge in [0.15, 0.2) is 0 Å². The van der Waals surface area contributed by atoms with Crippen molar-refractivity contribution in [3.63, 3.8) is 0 Å². The Labute approximate surface area is 81.0 Å². The molecule has 0 radical (unpaired) electrons. The fraction of sp³-hybridized carbons (Fsp3) is 1.00. The van der Waals surface area contributed by atoms with Gasteiger partial charge >= 0.3 is 81.7 Å². The second-order valence-corrected chi connectivity index (χ2v) is 36.6. The van der Waals surface area contributed by atoms with Crippen LogP contribution in [0.2, 0.25) is 29.6 Å². The Balaban J connectivity index is 4.43. The third-order valence-corrected chi connectivity index (χ3v) is 38.7. The summed E-state index contributed by atoms with van der Waals surface area (Å²) in [5.74, 6) is 0. The third-order valence-electron chi connectivity index (χ3n) is 1.94. The standard InChI is InChI=1S/C2H5N.6CH3.2Sn/c1-2-3;;;;;;;;/h2H2,1H3;6*1H3;;. The summed E-state index contributed by atoms with van der Waals surface area (Å²) in [4.78, 5) is 15.2. The first-order chi connectivity index (χ1) is 4.69. The van der Waals surface area contributed by atoms with Gasteiger partial charge in [0.25, 0.3) is 0 Å². The van der Waals surface area contributed by atoms with E-state index in [1.165, 1.54) is 6.54 Å². The summed E-state index contributed by atoms with van der Waals surface area (Å²) in [7, 11) is 0. The van der Waals surface area contributed by atoms with Gasteiger partial charge in [-0.3, -0.25) is 0 Å². The molecule has 0 unspecified atom stereocenters. The normalized spacial score (nSPS) is 14.2. The van der Waals surface area contributed by atoms with Gasteiger partial charge in [-0.1, -0.05) is 0 Å². The van der Waals surface area contributed by atoms with E-state index in [0.29, 0.717) is 0 Å². The first-order valence-electron chi connectivity index (χ1n) is 4.47. The quantitative estimate of drug-likeness (QED) is 0.690. The van der Waals surface area contributed by atoms with Gasteiger partial charge < -0.3 is 0 Å². The number of hydrogen-bond donors (Lipinski definition) is 0. The molecule has 68 valence electrons. The zero-order valence-electron chi connectivity index (χ0n) is 9.15. The molecule has 0 atom stereocenters. The molecule has 0 spiro atoms. The zero-order valence-corrected chi connectivity index (χ0v) is 14.9. The maximum atomic E-state index is 2.92. The van der Waals surface area contributed by atoms with Crippen LogP contribution in [0.5, 0.6) is 0 Å². The van der Waals surface area contributed by atoms with Crippen LogP contribution in [0.1, 0.15) is 6.92 Å². The van der Waals surface area contributed by atoms with Crippen molar-refractivity contribution in [1.29, 1.82) is 0 Å². The Morgan fingerprint density at radius 3 is 1.09 bits per heavy atom. The van der Waals surface area contributed by atoms with Gasteiger partial charge in [0.05, 0.1) is 0 Å². The Morgan fingerprint density at radius 2 is 1.09 bits per heavy atom. The molecular weight excluding hydrogens is 348 g/mol. The molecule has 11 heavy (non-hydrogen) atoms. The van der Waals surface area contributed by atoms with Gasteiger partial charge in [0.2, 0.25) is 0 Å². The van der Waals surface area contributed by atoms with Crippen LogP contribution in [0.4, 0.5) is 0 Å². The molecule has 1 nitrogen and oxygen atoms in total. The van der Waals surface area contributed by atoms with Crippen LogP contribution < -0.4 is 0 Å². The second-order valence-electron chi connectivity index (χ2n) is 5.09. The minimum absolute atomic E-state index is 1.30. The number of nitrogens with zero attached hydrogens (tertiary/aromatic N) is 1. The van der Waals surface area contributed by atoms with Crippen LogP contribution in [0.3, 0.4) is 0 Å². The summed E-state index contributed by atoms with van der Waals surface area (Å²) < 4.78 is 2.92. The fourth-order valence-electron chi connectivity index (χ4n) is 1.95. The Kier molecular flexibility index (Phi) is 4.77. The van der Waals surface area contributed by atoms with Crippen molar-refractivity contribution in [2.75, 3.05) is 6.54 Å². The van der Waals surface area contributed by atoms with Crippen molar-refractivity contribution in [3.8, 4) is 0 Å². The molecule has 0 rings (SSSR count). The fourth-order valence-corrected chi connectivity index (χ4v) is 51.6. The minimum atomic E-state index is -1.70. The summed E-state index contributed by atoms with van der Waals surface area (Å²) in [5.41, 5.74) is 0. The Hall–Kier alpha value is 1.56. The third kappa shape index (κ3) is 4.36. The summed E-state index contributed by atoms with van der Waals surface area (Å²) in [5, 5.41) is 0. The van der Waals surface area contributed by atoms with E-state index in [-0.39, 0.29) is 0 Å². The van der Waals surface area contributed by atoms with Crippen LogP contribution in [-0.2, 0) is 0 Å². The second kappa shape index (κ2) is 4.18. The van der Waals surface area contributed by atoms with Crippen molar-refractivity contribution in [2.45, 2.75) is 36.6 Å². The van der Waals surface area contributed by atoms with E-state index >= 15 is 0 Å². The van der Waals surface area contributed by atoms with E-state index in [4.69, 9.17) is 0 Å². The molecule has 0 fully saturated rings. The summed E-state index contributed by atoms with van der Waals surface area (Å²) in [6.07, 6.45) is 0. The van der Waals surface area contributed by atoms with Crippen LogP contribution in [0.25, 0.3) is 0 Å². The average molecular weight is 371 g/mol. The van der Waals surface area contributed by atoms with E-state index < -0.39 is 37.3 Å². The van der Waals surface area contributed by atoms with Gasteiger partial charge in [-0.25, -0.2) is 0 Å². The van der Waals surface area contributed by atoms with Crippen LogP contribution in [-0.4, -0.2) is 45.2 Å². The Morgan fingerprint density at radius 1 is 0.818 bits per heavy atom. The van der Waals surface area contributed by atoms with E-state index in [1.807, 2.05) is 0 Å². The molecule has 0 aliphatic rings. The molecule has 3 heteroatoms. The molecule has 0 aliphatic heterocycles. The molecule has 0 amide bonds. The summed E-state index contributed by atoms with van der Waals surface area (Å²) in [6, 6.07) is 0. The van der Waals surface area contributed by atoms with E-state index in [0.717, 1.165) is 0 Å². The monoisotopic (exact) mass is 373 g/mol. The van der Waals surface area contributed by atoms with Crippen molar-refractivity contribution in [2.24, 2.45) is 0 Å². The molecule has 0 saturated carbocycles. The van der Waals surface area contributed by atoms with E-state index in [1.54, 1.807) is 0 Å². The van der Waals surface area contributed by atoms with Gasteiger partial charge in [-0.15, -0.1) is 0 Å². The summed E-state index contributed by atoms with van der Waals surface area (Å²) in [6.45, 7) is 3.63. The van der Waals surface area contributed by atoms with Crippen LogP contribution in [0.15, 0.2) is 0 Å². The molecule has 0 N–H and O–H groups in total. The number of hydrogen-bond acceptors (Lipinski definition) is 1.